The lowest BCUT2D eigenvalue weighted by Gasteiger charge is -2.40. The molecule has 1 aliphatic carbocycles. The van der Waals surface area contributed by atoms with Crippen molar-refractivity contribution in [1.29, 1.82) is 5.26 Å². The summed E-state index contributed by atoms with van der Waals surface area (Å²) in [6.45, 7) is 0.949. The first kappa shape index (κ1) is 20.5. The molecule has 3 aliphatic rings. The fourth-order valence-corrected chi connectivity index (χ4v) is 6.04. The van der Waals surface area contributed by atoms with Crippen LogP contribution in [0.2, 0.25) is 5.02 Å². The first-order chi connectivity index (χ1) is 16.0. The van der Waals surface area contributed by atoms with Crippen LogP contribution in [0.5, 0.6) is 0 Å². The summed E-state index contributed by atoms with van der Waals surface area (Å²) in [6, 6.07) is 6.83. The molecule has 3 aromatic heterocycles. The van der Waals surface area contributed by atoms with Crippen LogP contribution in [0.25, 0.3) is 33.2 Å². The van der Waals surface area contributed by atoms with Crippen molar-refractivity contribution in [3.05, 3.63) is 35.2 Å². The zero-order valence-electron chi connectivity index (χ0n) is 18.4. The first-order valence-electron chi connectivity index (χ1n) is 11.4. The molecule has 0 spiro atoms. The highest BCUT2D eigenvalue weighted by Crippen LogP contribution is 2.39. The lowest BCUT2D eigenvalue weighted by molar-refractivity contribution is 0.332. The Morgan fingerprint density at radius 1 is 1.30 bits per heavy atom. The van der Waals surface area contributed by atoms with Crippen LogP contribution < -0.4 is 10.6 Å². The zero-order chi connectivity index (χ0) is 22.7. The van der Waals surface area contributed by atoms with Crippen LogP contribution in [0.1, 0.15) is 31.4 Å². The second-order valence-corrected chi connectivity index (χ2v) is 9.63. The van der Waals surface area contributed by atoms with E-state index in [9.17, 15) is 5.26 Å². The molecule has 1 saturated carbocycles. The van der Waals surface area contributed by atoms with Gasteiger partial charge in [0.1, 0.15) is 11.3 Å². The van der Waals surface area contributed by atoms with E-state index in [1.54, 1.807) is 4.68 Å². The normalized spacial score (nSPS) is 22.7. The van der Waals surface area contributed by atoms with Gasteiger partial charge >= 0.3 is 0 Å². The van der Waals surface area contributed by atoms with Crippen LogP contribution >= 0.6 is 11.6 Å². The summed E-state index contributed by atoms with van der Waals surface area (Å²) in [6.07, 6.45) is 8.63. The molecule has 7 rings (SSSR count). The maximum Gasteiger partial charge on any atom is 0.159 e. The number of nitrogens with zero attached hydrogens (tertiary/aromatic N) is 6. The molecule has 33 heavy (non-hydrogen) atoms. The summed E-state index contributed by atoms with van der Waals surface area (Å²) in [5.74, 6) is 1.43. The van der Waals surface area contributed by atoms with Crippen LogP contribution in [0.4, 0.5) is 5.82 Å². The quantitative estimate of drug-likeness (QED) is 0.479. The molecule has 3 fully saturated rings. The number of piperidine rings is 1. The van der Waals surface area contributed by atoms with Gasteiger partial charge in [-0.15, -0.1) is 0 Å². The average molecular weight is 461 g/mol. The van der Waals surface area contributed by atoms with Crippen molar-refractivity contribution in [2.45, 2.75) is 44.2 Å². The number of aromatic amines is 1. The third-order valence-electron chi connectivity index (χ3n) is 7.39. The number of nitrogens with one attached hydrogen (secondary N) is 1. The third kappa shape index (κ3) is 3.18. The second kappa shape index (κ2) is 7.72. The number of hydrogen-bond donors (Lipinski definition) is 2. The van der Waals surface area contributed by atoms with E-state index in [1.165, 1.54) is 12.8 Å². The molecule has 4 aromatic rings. The van der Waals surface area contributed by atoms with Crippen LogP contribution in [0.3, 0.4) is 0 Å². The number of aryl methyl sites for hydroxylation is 1. The number of anilines is 1. The largest absolute Gasteiger partial charge is 0.352 e. The van der Waals surface area contributed by atoms with Crippen LogP contribution in [-0.4, -0.2) is 43.4 Å². The van der Waals surface area contributed by atoms with Gasteiger partial charge in [0.05, 0.1) is 34.9 Å². The van der Waals surface area contributed by atoms with Crippen molar-refractivity contribution in [3.63, 3.8) is 0 Å². The Labute approximate surface area is 196 Å². The van der Waals surface area contributed by atoms with Crippen LogP contribution in [-0.2, 0) is 13.5 Å². The Hall–Kier alpha value is -3.15. The molecule has 3 N–H and O–H groups in total. The SMILES string of the molecule is Cn1nc2ccc(-c3c[nH]c4nc(N5CC6CCC[C@@H]5C[C@@H]6N)cnc34)c(Cl)c2c1CC#N. The van der Waals surface area contributed by atoms with Crippen molar-refractivity contribution < 1.29 is 0 Å². The van der Waals surface area contributed by atoms with Gasteiger partial charge in [0, 0.05) is 48.4 Å². The monoisotopic (exact) mass is 460 g/mol. The lowest BCUT2D eigenvalue weighted by Crippen LogP contribution is -2.51. The first-order valence-corrected chi connectivity index (χ1v) is 11.8. The number of halogens is 1. The molecule has 1 unspecified atom stereocenters. The minimum atomic E-state index is 0.245. The van der Waals surface area contributed by atoms with E-state index in [4.69, 9.17) is 27.3 Å². The predicted octanol–water partition coefficient (Wildman–Crippen LogP) is 3.94. The van der Waals surface area contributed by atoms with E-state index in [0.29, 0.717) is 17.0 Å². The molecule has 168 valence electrons. The summed E-state index contributed by atoms with van der Waals surface area (Å²) >= 11 is 6.87. The average Bonchev–Trinajstić information content (AvgIpc) is 3.21. The fraction of sp³-hybridized carbons (Fsp3) is 0.417. The summed E-state index contributed by atoms with van der Waals surface area (Å²) in [5.41, 5.74) is 11.2. The Kier molecular flexibility index (Phi) is 4.78. The number of rotatable bonds is 3. The van der Waals surface area contributed by atoms with E-state index in [-0.39, 0.29) is 12.5 Å². The summed E-state index contributed by atoms with van der Waals surface area (Å²) in [7, 11) is 1.84. The second-order valence-electron chi connectivity index (χ2n) is 9.25. The minimum absolute atomic E-state index is 0.245. The third-order valence-corrected chi connectivity index (χ3v) is 7.78. The van der Waals surface area contributed by atoms with E-state index in [2.05, 4.69) is 21.1 Å². The molecular weight excluding hydrogens is 436 g/mol. The molecule has 2 bridgehead atoms. The Morgan fingerprint density at radius 2 is 2.18 bits per heavy atom. The van der Waals surface area contributed by atoms with Crippen molar-refractivity contribution >= 4 is 39.5 Å². The van der Waals surface area contributed by atoms with E-state index in [1.807, 2.05) is 31.6 Å². The Morgan fingerprint density at radius 3 is 3.03 bits per heavy atom. The van der Waals surface area contributed by atoms with Gasteiger partial charge in [0.2, 0.25) is 0 Å². The zero-order valence-corrected chi connectivity index (χ0v) is 19.2. The van der Waals surface area contributed by atoms with Crippen molar-refractivity contribution in [2.75, 3.05) is 11.4 Å². The molecule has 5 heterocycles. The van der Waals surface area contributed by atoms with Crippen LogP contribution in [0.15, 0.2) is 24.5 Å². The molecule has 2 saturated heterocycles. The summed E-state index contributed by atoms with van der Waals surface area (Å²) in [4.78, 5) is 15.4. The standard InChI is InChI=1S/C24H25ClN8/c1-32-19(7-8-26)21-18(31-32)6-5-15(22(21)25)16-10-29-24-23(16)28-11-20(30-24)33-12-13-3-2-4-14(33)9-17(13)27/h5-6,10-11,13-14,17H,2-4,7,9,12,27H2,1H3,(H,29,30)/t13?,14-,17+/m1/s1. The number of hydrogen-bond acceptors (Lipinski definition) is 6. The van der Waals surface area contributed by atoms with E-state index >= 15 is 0 Å². The molecule has 0 radical (unpaired) electrons. The molecular formula is C24H25ClN8. The number of H-pyrrole nitrogens is 1. The Balaban J connectivity index is 1.42. The van der Waals surface area contributed by atoms with E-state index in [0.717, 1.165) is 64.1 Å². The Bertz CT molecular complexity index is 1410. The molecule has 2 aliphatic heterocycles. The predicted molar refractivity (Wildman–Crippen MR) is 129 cm³/mol. The smallest absolute Gasteiger partial charge is 0.159 e. The lowest BCUT2D eigenvalue weighted by atomic mass is 9.90. The highest BCUT2D eigenvalue weighted by Gasteiger charge is 2.37. The van der Waals surface area contributed by atoms with Crippen molar-refractivity contribution in [1.82, 2.24) is 24.7 Å². The summed E-state index contributed by atoms with van der Waals surface area (Å²) < 4.78 is 1.73. The summed E-state index contributed by atoms with van der Waals surface area (Å²) in [5, 5.41) is 15.1. The number of benzene rings is 1. The van der Waals surface area contributed by atoms with Gasteiger partial charge in [0.15, 0.2) is 5.65 Å². The molecule has 1 aromatic carbocycles. The number of nitrogens with two attached hydrogens (primary N) is 1. The van der Waals surface area contributed by atoms with Crippen molar-refractivity contribution in [2.24, 2.45) is 18.7 Å². The molecule has 9 heteroatoms. The number of nitriles is 1. The van der Waals surface area contributed by atoms with Gasteiger partial charge in [-0.3, -0.25) is 4.68 Å². The van der Waals surface area contributed by atoms with Gasteiger partial charge < -0.3 is 15.6 Å². The number of fused-ring (bicyclic) bond motifs is 6. The molecule has 0 amide bonds. The molecule has 3 atom stereocenters. The highest BCUT2D eigenvalue weighted by atomic mass is 35.5. The van der Waals surface area contributed by atoms with Gasteiger partial charge in [-0.25, -0.2) is 9.97 Å². The van der Waals surface area contributed by atoms with Gasteiger partial charge in [0.25, 0.3) is 0 Å². The van der Waals surface area contributed by atoms with Gasteiger partial charge in [-0.2, -0.15) is 10.4 Å². The minimum Gasteiger partial charge on any atom is -0.352 e. The topological polar surface area (TPSA) is 112 Å². The number of aromatic nitrogens is 5. The highest BCUT2D eigenvalue weighted by molar-refractivity contribution is 6.38. The maximum atomic E-state index is 9.24. The fourth-order valence-electron chi connectivity index (χ4n) is 5.67. The van der Waals surface area contributed by atoms with Gasteiger partial charge in [-0.1, -0.05) is 24.1 Å². The van der Waals surface area contributed by atoms with E-state index < -0.39 is 0 Å². The van der Waals surface area contributed by atoms with Gasteiger partial charge in [-0.05, 0) is 31.2 Å². The van der Waals surface area contributed by atoms with Crippen molar-refractivity contribution in [3.8, 4) is 17.2 Å². The maximum absolute atomic E-state index is 9.24. The van der Waals surface area contributed by atoms with Crippen LogP contribution in [0, 0.1) is 17.2 Å². The molecule has 8 nitrogen and oxygen atoms in total.